The van der Waals surface area contributed by atoms with Crippen molar-refractivity contribution in [2.75, 3.05) is 11.1 Å². The lowest BCUT2D eigenvalue weighted by Gasteiger charge is -2.20. The summed E-state index contributed by atoms with van der Waals surface area (Å²) in [4.78, 5) is 12.4. The van der Waals surface area contributed by atoms with Gasteiger partial charge >= 0.3 is 0 Å². The molecule has 1 aromatic heterocycles. The van der Waals surface area contributed by atoms with Crippen molar-refractivity contribution in [1.29, 1.82) is 0 Å². The van der Waals surface area contributed by atoms with E-state index in [1.165, 1.54) is 11.8 Å². The van der Waals surface area contributed by atoms with Crippen LogP contribution in [0.1, 0.15) is 50.7 Å². The first-order valence-corrected chi connectivity index (χ1v) is 8.66. The Hall–Kier alpha value is -1.89. The zero-order valence-electron chi connectivity index (χ0n) is 14.2. The normalized spacial score (nSPS) is 11.3. The Morgan fingerprint density at radius 3 is 2.30 bits per heavy atom. The number of carbonyl (C=O) groups excluding carboxylic acids is 1. The molecule has 2 aromatic rings. The molecule has 1 amide bonds. The molecular formula is C16H23N5OS. The van der Waals surface area contributed by atoms with E-state index in [1.807, 2.05) is 0 Å². The van der Waals surface area contributed by atoms with Crippen LogP contribution in [0.15, 0.2) is 23.4 Å². The van der Waals surface area contributed by atoms with Gasteiger partial charge in [0.05, 0.1) is 5.75 Å². The number of para-hydroxylation sites is 1. The smallest absolute Gasteiger partial charge is 0.234 e. The average Bonchev–Trinajstić information content (AvgIpc) is 2.90. The summed E-state index contributed by atoms with van der Waals surface area (Å²) in [5.74, 6) is 0.922. The van der Waals surface area contributed by atoms with Crippen molar-refractivity contribution >= 4 is 23.4 Å². The Balaban J connectivity index is 2.14. The SMILES string of the molecule is CC(C)c1cccc(C(C)C)c1NC(=O)CSc1nnnn1C. The highest BCUT2D eigenvalue weighted by Crippen LogP contribution is 2.32. The second kappa shape index (κ2) is 7.59. The number of nitrogens with zero attached hydrogens (tertiary/aromatic N) is 4. The number of tetrazole rings is 1. The topological polar surface area (TPSA) is 72.7 Å². The molecule has 1 aromatic carbocycles. The van der Waals surface area contributed by atoms with Crippen molar-refractivity contribution in [2.24, 2.45) is 7.05 Å². The van der Waals surface area contributed by atoms with Gasteiger partial charge < -0.3 is 5.32 Å². The number of amides is 1. The molecule has 0 aliphatic carbocycles. The van der Waals surface area contributed by atoms with Crippen molar-refractivity contribution in [3.63, 3.8) is 0 Å². The van der Waals surface area contributed by atoms with Gasteiger partial charge in [-0.2, -0.15) is 0 Å². The minimum Gasteiger partial charge on any atom is -0.325 e. The quantitative estimate of drug-likeness (QED) is 0.822. The van der Waals surface area contributed by atoms with Crippen LogP contribution < -0.4 is 5.32 Å². The third-order valence-corrected chi connectivity index (χ3v) is 4.56. The minimum atomic E-state index is -0.0481. The summed E-state index contributed by atoms with van der Waals surface area (Å²) in [6, 6.07) is 6.21. The van der Waals surface area contributed by atoms with Crippen LogP contribution in [0.25, 0.3) is 0 Å². The molecule has 6 nitrogen and oxygen atoms in total. The van der Waals surface area contributed by atoms with Crippen LogP contribution in [0, 0.1) is 0 Å². The highest BCUT2D eigenvalue weighted by molar-refractivity contribution is 7.99. The number of hydrogen-bond acceptors (Lipinski definition) is 5. The van der Waals surface area contributed by atoms with Gasteiger partial charge in [0.2, 0.25) is 11.1 Å². The minimum absolute atomic E-state index is 0.0481. The van der Waals surface area contributed by atoms with Crippen LogP contribution in [0.2, 0.25) is 0 Å². The van der Waals surface area contributed by atoms with Gasteiger partial charge in [-0.3, -0.25) is 4.79 Å². The van der Waals surface area contributed by atoms with E-state index in [2.05, 4.69) is 66.7 Å². The summed E-state index contributed by atoms with van der Waals surface area (Å²) in [5, 5.41) is 14.9. The standard InChI is InChI=1S/C16H23N5OS/c1-10(2)12-7-6-8-13(11(3)4)15(12)17-14(22)9-23-16-18-19-20-21(16)5/h6-8,10-11H,9H2,1-5H3,(H,17,22). The molecule has 7 heteroatoms. The first-order chi connectivity index (χ1) is 10.9. The molecule has 0 fully saturated rings. The van der Waals surface area contributed by atoms with Crippen molar-refractivity contribution in [1.82, 2.24) is 20.2 Å². The Morgan fingerprint density at radius 1 is 1.22 bits per heavy atom. The molecule has 0 unspecified atom stereocenters. The number of rotatable bonds is 6. The van der Waals surface area contributed by atoms with E-state index in [1.54, 1.807) is 11.7 Å². The predicted molar refractivity (Wildman–Crippen MR) is 92.8 cm³/mol. The average molecular weight is 333 g/mol. The van der Waals surface area contributed by atoms with Crippen molar-refractivity contribution in [2.45, 2.75) is 44.7 Å². The van der Waals surface area contributed by atoms with Gasteiger partial charge in [0.15, 0.2) is 0 Å². The van der Waals surface area contributed by atoms with Crippen molar-refractivity contribution in [3.8, 4) is 0 Å². The summed E-state index contributed by atoms with van der Waals surface area (Å²) in [5.41, 5.74) is 3.27. The van der Waals surface area contributed by atoms with Crippen LogP contribution >= 0.6 is 11.8 Å². The van der Waals surface area contributed by atoms with E-state index in [0.29, 0.717) is 17.0 Å². The summed E-state index contributed by atoms with van der Waals surface area (Å²) in [7, 11) is 1.76. The van der Waals surface area contributed by atoms with Gasteiger partial charge in [-0.1, -0.05) is 57.7 Å². The van der Waals surface area contributed by atoms with Gasteiger partial charge in [0, 0.05) is 12.7 Å². The maximum atomic E-state index is 12.4. The summed E-state index contributed by atoms with van der Waals surface area (Å²) in [6.07, 6.45) is 0. The summed E-state index contributed by atoms with van der Waals surface area (Å²) in [6.45, 7) is 8.54. The maximum absolute atomic E-state index is 12.4. The second-order valence-electron chi connectivity index (χ2n) is 6.04. The Bertz CT molecular complexity index is 655. The predicted octanol–water partition coefficient (Wildman–Crippen LogP) is 3.19. The van der Waals surface area contributed by atoms with E-state index in [9.17, 15) is 4.79 Å². The molecule has 124 valence electrons. The maximum Gasteiger partial charge on any atom is 0.234 e. The molecule has 0 bridgehead atoms. The van der Waals surface area contributed by atoms with Crippen LogP contribution in [-0.4, -0.2) is 31.9 Å². The van der Waals surface area contributed by atoms with Gasteiger partial charge in [-0.15, -0.1) is 5.10 Å². The first-order valence-electron chi connectivity index (χ1n) is 7.68. The molecular weight excluding hydrogens is 310 g/mol. The highest BCUT2D eigenvalue weighted by Gasteiger charge is 2.16. The fourth-order valence-electron chi connectivity index (χ4n) is 2.34. The van der Waals surface area contributed by atoms with Crippen molar-refractivity contribution in [3.05, 3.63) is 29.3 Å². The zero-order chi connectivity index (χ0) is 17.0. The zero-order valence-corrected chi connectivity index (χ0v) is 15.0. The number of aromatic nitrogens is 4. The number of aryl methyl sites for hydroxylation is 1. The molecule has 0 saturated carbocycles. The van der Waals surface area contributed by atoms with E-state index < -0.39 is 0 Å². The van der Waals surface area contributed by atoms with Crippen LogP contribution in [-0.2, 0) is 11.8 Å². The Kier molecular flexibility index (Phi) is 5.76. The number of hydrogen-bond donors (Lipinski definition) is 1. The van der Waals surface area contributed by atoms with E-state index >= 15 is 0 Å². The van der Waals surface area contributed by atoms with Crippen LogP contribution in [0.5, 0.6) is 0 Å². The number of thioether (sulfide) groups is 1. The molecule has 0 radical (unpaired) electrons. The third-order valence-electron chi connectivity index (χ3n) is 3.55. The fourth-order valence-corrected chi connectivity index (χ4v) is 2.99. The molecule has 0 aliphatic heterocycles. The fraction of sp³-hybridized carbons (Fsp3) is 0.500. The van der Waals surface area contributed by atoms with Gasteiger partial charge in [-0.05, 0) is 33.4 Å². The number of anilines is 1. The molecule has 23 heavy (non-hydrogen) atoms. The molecule has 0 spiro atoms. The molecule has 0 aliphatic rings. The highest BCUT2D eigenvalue weighted by atomic mass is 32.2. The lowest BCUT2D eigenvalue weighted by Crippen LogP contribution is -2.18. The number of benzene rings is 1. The molecule has 1 N–H and O–H groups in total. The first kappa shape index (κ1) is 17.5. The molecule has 0 saturated heterocycles. The van der Waals surface area contributed by atoms with Crippen LogP contribution in [0.4, 0.5) is 5.69 Å². The molecule has 0 atom stereocenters. The van der Waals surface area contributed by atoms with E-state index in [-0.39, 0.29) is 11.7 Å². The molecule has 1 heterocycles. The van der Waals surface area contributed by atoms with Crippen molar-refractivity contribution < 1.29 is 4.79 Å². The van der Waals surface area contributed by atoms with E-state index in [4.69, 9.17) is 0 Å². The van der Waals surface area contributed by atoms with Gasteiger partial charge in [-0.25, -0.2) is 4.68 Å². The number of nitrogens with one attached hydrogen (secondary N) is 1. The van der Waals surface area contributed by atoms with Gasteiger partial charge in [0.1, 0.15) is 0 Å². The largest absolute Gasteiger partial charge is 0.325 e. The Morgan fingerprint density at radius 2 is 1.83 bits per heavy atom. The number of carbonyl (C=O) groups is 1. The second-order valence-corrected chi connectivity index (χ2v) is 6.99. The van der Waals surface area contributed by atoms with E-state index in [0.717, 1.165) is 16.8 Å². The summed E-state index contributed by atoms with van der Waals surface area (Å²) < 4.78 is 1.56. The van der Waals surface area contributed by atoms with Gasteiger partial charge in [0.25, 0.3) is 0 Å². The monoisotopic (exact) mass is 333 g/mol. The Labute approximate surface area is 141 Å². The lowest BCUT2D eigenvalue weighted by molar-refractivity contribution is -0.113. The molecule has 2 rings (SSSR count). The third kappa shape index (κ3) is 4.31. The van der Waals surface area contributed by atoms with Crippen LogP contribution in [0.3, 0.4) is 0 Å². The lowest BCUT2D eigenvalue weighted by atomic mass is 9.92. The summed E-state index contributed by atoms with van der Waals surface area (Å²) >= 11 is 1.32.